The van der Waals surface area contributed by atoms with Crippen LogP contribution < -0.4 is 11.2 Å². The molecule has 1 aromatic carbocycles. The Balaban J connectivity index is 3.01. The number of nitrogens with zero attached hydrogens (tertiary/aromatic N) is 2. The highest BCUT2D eigenvalue weighted by Gasteiger charge is 2.04. The minimum Gasteiger partial charge on any atom is -0.382 e. The van der Waals surface area contributed by atoms with Crippen LogP contribution in [-0.2, 0) is 0 Å². The van der Waals surface area contributed by atoms with Crippen LogP contribution in [0.2, 0.25) is 0 Å². The Morgan fingerprint density at radius 1 is 1.47 bits per heavy atom. The molecule has 0 radical (unpaired) electrons. The fourth-order valence-corrected chi connectivity index (χ4v) is 1.62. The summed E-state index contributed by atoms with van der Waals surface area (Å²) in [6.07, 6.45) is 0. The van der Waals surface area contributed by atoms with Gasteiger partial charge in [-0.1, -0.05) is 15.9 Å². The maximum absolute atomic E-state index is 8.69. The highest BCUT2D eigenvalue weighted by molar-refractivity contribution is 9.10. The highest BCUT2D eigenvalue weighted by Crippen LogP contribution is 2.24. The summed E-state index contributed by atoms with van der Waals surface area (Å²) in [7, 11) is 0. The molecule has 0 aliphatic carbocycles. The van der Waals surface area contributed by atoms with Gasteiger partial charge in [-0.2, -0.15) is 10.4 Å². The third-order valence-corrected chi connectivity index (χ3v) is 3.01. The fourth-order valence-electron chi connectivity index (χ4n) is 1.16. The lowest BCUT2D eigenvalue weighted by Gasteiger charge is -2.08. The van der Waals surface area contributed by atoms with E-state index in [0.717, 1.165) is 21.3 Å². The minimum absolute atomic E-state index is 0.134. The van der Waals surface area contributed by atoms with Crippen LogP contribution in [0, 0.1) is 30.6 Å². The Kier molecular flexibility index (Phi) is 4.24. The molecule has 0 saturated heterocycles. The van der Waals surface area contributed by atoms with E-state index in [9.17, 15) is 0 Å². The Morgan fingerprint density at radius 2 is 2.12 bits per heavy atom. The third kappa shape index (κ3) is 3.29. The van der Waals surface area contributed by atoms with Gasteiger partial charge in [0.05, 0.1) is 5.69 Å². The number of nitrogens with one attached hydrogen (secondary N) is 2. The normalized spacial score (nSPS) is 10.8. The van der Waals surface area contributed by atoms with Gasteiger partial charge in [-0.25, -0.2) is 0 Å². The van der Waals surface area contributed by atoms with Crippen LogP contribution >= 0.6 is 15.9 Å². The molecule has 0 amide bonds. The zero-order valence-electron chi connectivity index (χ0n) is 9.50. The molecule has 1 rings (SSSR count). The Hall–Kier alpha value is -1.87. The predicted octanol–water partition coefficient (Wildman–Crippen LogP) is 2.29. The first-order chi connectivity index (χ1) is 7.95. The first-order valence-corrected chi connectivity index (χ1v) is 5.60. The fraction of sp³-hybridized carbons (Fsp3) is 0.182. The van der Waals surface area contributed by atoms with E-state index in [4.69, 9.17) is 16.4 Å². The molecule has 0 saturated carbocycles. The summed E-state index contributed by atoms with van der Waals surface area (Å²) in [6.45, 7) is 3.87. The van der Waals surface area contributed by atoms with Crippen molar-refractivity contribution in [3.63, 3.8) is 0 Å². The Bertz CT molecular complexity index is 527. The Labute approximate surface area is 108 Å². The smallest absolute Gasteiger partial charge is 0.201 e. The molecule has 0 heterocycles. The van der Waals surface area contributed by atoms with Crippen LogP contribution in [0.4, 0.5) is 5.69 Å². The summed E-state index contributed by atoms with van der Waals surface area (Å²) in [4.78, 5) is 0. The van der Waals surface area contributed by atoms with Crippen LogP contribution in [0.3, 0.4) is 0 Å². The summed E-state index contributed by atoms with van der Waals surface area (Å²) in [6, 6.07) is 5.60. The van der Waals surface area contributed by atoms with Gasteiger partial charge in [-0.3, -0.25) is 10.8 Å². The average molecular weight is 294 g/mol. The molecule has 6 heteroatoms. The predicted molar refractivity (Wildman–Crippen MR) is 72.2 cm³/mol. The number of hydrazone groups is 1. The number of aryl methyl sites for hydroxylation is 2. The van der Waals surface area contributed by atoms with Crippen molar-refractivity contribution in [2.24, 2.45) is 10.8 Å². The lowest BCUT2D eigenvalue weighted by molar-refractivity contribution is 1.27. The number of nitrogens with two attached hydrogens (primary N) is 1. The van der Waals surface area contributed by atoms with Gasteiger partial charge in [-0.15, -0.1) is 0 Å². The van der Waals surface area contributed by atoms with E-state index >= 15 is 0 Å². The number of nitriles is 1. The van der Waals surface area contributed by atoms with Crippen molar-refractivity contribution in [3.05, 3.63) is 27.7 Å². The molecule has 17 heavy (non-hydrogen) atoms. The van der Waals surface area contributed by atoms with Crippen molar-refractivity contribution in [2.45, 2.75) is 13.8 Å². The zero-order chi connectivity index (χ0) is 13.0. The summed E-state index contributed by atoms with van der Waals surface area (Å²) in [5.41, 5.74) is 10.6. The third-order valence-electron chi connectivity index (χ3n) is 2.15. The number of benzene rings is 1. The standard InChI is InChI=1S/C11H12BrN5/c1-6-4-9(7(2)3-8(6)12)16-17-10(5-13)11(14)15/h3-4,16H,1-2H3,(H3,14,15)/b17-10+. The molecule has 4 N–H and O–H groups in total. The number of hydrogen-bond acceptors (Lipinski definition) is 4. The average Bonchev–Trinajstić information content (AvgIpc) is 2.25. The molecule has 1 aromatic rings. The molecule has 0 unspecified atom stereocenters. The lowest BCUT2D eigenvalue weighted by Crippen LogP contribution is -2.21. The van der Waals surface area contributed by atoms with E-state index < -0.39 is 0 Å². The number of halogens is 1. The van der Waals surface area contributed by atoms with Gasteiger partial charge >= 0.3 is 0 Å². The van der Waals surface area contributed by atoms with E-state index in [1.807, 2.05) is 26.0 Å². The van der Waals surface area contributed by atoms with Crippen molar-refractivity contribution in [2.75, 3.05) is 5.43 Å². The molecule has 0 aromatic heterocycles. The summed E-state index contributed by atoms with van der Waals surface area (Å²) in [5.74, 6) is -0.355. The van der Waals surface area contributed by atoms with Gasteiger partial charge in [0, 0.05) is 4.47 Å². The Morgan fingerprint density at radius 3 is 2.65 bits per heavy atom. The second kappa shape index (κ2) is 5.46. The molecule has 0 bridgehead atoms. The number of amidine groups is 1. The van der Waals surface area contributed by atoms with Crippen molar-refractivity contribution in [1.29, 1.82) is 10.7 Å². The number of anilines is 1. The number of hydrogen-bond donors (Lipinski definition) is 3. The largest absolute Gasteiger partial charge is 0.382 e. The first-order valence-electron chi connectivity index (χ1n) is 4.80. The van der Waals surface area contributed by atoms with E-state index in [-0.39, 0.29) is 11.5 Å². The van der Waals surface area contributed by atoms with Gasteiger partial charge < -0.3 is 5.73 Å². The summed E-state index contributed by atoms with van der Waals surface area (Å²) < 4.78 is 1.01. The van der Waals surface area contributed by atoms with Gasteiger partial charge in [0.2, 0.25) is 5.71 Å². The maximum Gasteiger partial charge on any atom is 0.201 e. The monoisotopic (exact) mass is 293 g/mol. The van der Waals surface area contributed by atoms with E-state index in [0.29, 0.717) is 0 Å². The van der Waals surface area contributed by atoms with E-state index in [2.05, 4.69) is 26.5 Å². The van der Waals surface area contributed by atoms with Crippen molar-refractivity contribution in [1.82, 2.24) is 0 Å². The lowest BCUT2D eigenvalue weighted by atomic mass is 10.1. The van der Waals surface area contributed by atoms with E-state index in [1.165, 1.54) is 0 Å². The van der Waals surface area contributed by atoms with Crippen molar-refractivity contribution in [3.8, 4) is 6.07 Å². The van der Waals surface area contributed by atoms with Gasteiger partial charge in [0.1, 0.15) is 6.07 Å². The van der Waals surface area contributed by atoms with Crippen molar-refractivity contribution >= 4 is 33.2 Å². The minimum atomic E-state index is -0.355. The maximum atomic E-state index is 8.69. The first kappa shape index (κ1) is 13.2. The summed E-state index contributed by atoms with van der Waals surface area (Å²) >= 11 is 3.43. The number of rotatable bonds is 3. The zero-order valence-corrected chi connectivity index (χ0v) is 11.1. The van der Waals surface area contributed by atoms with Crippen LogP contribution in [0.25, 0.3) is 0 Å². The van der Waals surface area contributed by atoms with Crippen LogP contribution in [0.5, 0.6) is 0 Å². The van der Waals surface area contributed by atoms with Gasteiger partial charge in [-0.05, 0) is 37.1 Å². The molecule has 0 aliphatic rings. The van der Waals surface area contributed by atoms with Crippen LogP contribution in [0.15, 0.2) is 21.7 Å². The molecule has 88 valence electrons. The molecule has 0 fully saturated rings. The molecule has 5 nitrogen and oxygen atoms in total. The quantitative estimate of drug-likeness (QED) is 0.453. The second-order valence-corrected chi connectivity index (χ2v) is 4.37. The summed E-state index contributed by atoms with van der Waals surface area (Å²) in [5, 5.41) is 19.6. The van der Waals surface area contributed by atoms with Crippen molar-refractivity contribution < 1.29 is 0 Å². The molecular weight excluding hydrogens is 282 g/mol. The topological polar surface area (TPSA) is 98.0 Å². The highest BCUT2D eigenvalue weighted by atomic mass is 79.9. The SMILES string of the molecule is Cc1cc(N/N=C(\C#N)C(=N)N)c(C)cc1Br. The molecule has 0 aliphatic heterocycles. The van der Waals surface area contributed by atoms with Crippen LogP contribution in [0.1, 0.15) is 11.1 Å². The van der Waals surface area contributed by atoms with E-state index in [1.54, 1.807) is 6.07 Å². The van der Waals surface area contributed by atoms with Gasteiger partial charge in [0.25, 0.3) is 0 Å². The second-order valence-electron chi connectivity index (χ2n) is 3.51. The molecule has 0 spiro atoms. The van der Waals surface area contributed by atoms with Crippen LogP contribution in [-0.4, -0.2) is 11.5 Å². The van der Waals surface area contributed by atoms with Gasteiger partial charge in [0.15, 0.2) is 5.84 Å². The molecule has 0 atom stereocenters. The molecular formula is C11H12BrN5.